The Morgan fingerprint density at radius 1 is 1.15 bits per heavy atom. The molecule has 0 saturated carbocycles. The first-order chi connectivity index (χ1) is 13.1. The number of nitrogens with zero attached hydrogens (tertiary/aromatic N) is 4. The van der Waals surface area contributed by atoms with E-state index in [0.29, 0.717) is 13.1 Å². The number of carboxylic acid groups (broad SMARTS) is 1. The summed E-state index contributed by atoms with van der Waals surface area (Å²) in [5, 5.41) is 14.3. The van der Waals surface area contributed by atoms with Crippen molar-refractivity contribution in [2.75, 3.05) is 13.1 Å². The van der Waals surface area contributed by atoms with Gasteiger partial charge in [-0.3, -0.25) is 14.3 Å². The third kappa shape index (κ3) is 3.58. The third-order valence-electron chi connectivity index (χ3n) is 5.21. The number of aromatic nitrogens is 3. The molecule has 1 saturated heterocycles. The first-order valence-corrected chi connectivity index (χ1v) is 9.17. The minimum absolute atomic E-state index is 0.0883. The van der Waals surface area contributed by atoms with E-state index < -0.39 is 5.97 Å². The van der Waals surface area contributed by atoms with Gasteiger partial charge in [0.1, 0.15) is 13.1 Å². The van der Waals surface area contributed by atoms with E-state index in [9.17, 15) is 9.59 Å². The van der Waals surface area contributed by atoms with E-state index in [4.69, 9.17) is 5.11 Å². The molecule has 0 radical (unpaired) electrons. The van der Waals surface area contributed by atoms with E-state index in [1.54, 1.807) is 6.20 Å². The molecule has 27 heavy (non-hydrogen) atoms. The lowest BCUT2D eigenvalue weighted by atomic mass is 9.94. The van der Waals surface area contributed by atoms with Crippen molar-refractivity contribution in [1.29, 1.82) is 0 Å². The molecule has 1 aliphatic heterocycles. The molecule has 4 rings (SSSR count). The molecule has 1 amide bonds. The van der Waals surface area contributed by atoms with E-state index >= 15 is 0 Å². The SMILES string of the molecule is O=C(O)Cn1nccc1[C@@H]1CCCN(C(=O)Cn2ccc3ccccc32)C1. The summed E-state index contributed by atoms with van der Waals surface area (Å²) in [5.74, 6) is -0.709. The molecule has 7 nitrogen and oxygen atoms in total. The molecule has 3 aromatic rings. The number of carbonyl (C=O) groups excluding carboxylic acids is 1. The molecule has 7 heteroatoms. The van der Waals surface area contributed by atoms with Crippen LogP contribution in [0.4, 0.5) is 0 Å². The first-order valence-electron chi connectivity index (χ1n) is 9.17. The van der Waals surface area contributed by atoms with Gasteiger partial charge in [-0.2, -0.15) is 5.10 Å². The predicted molar refractivity (Wildman–Crippen MR) is 100 cm³/mol. The summed E-state index contributed by atoms with van der Waals surface area (Å²) in [6, 6.07) is 11.9. The molecule has 1 aromatic carbocycles. The van der Waals surface area contributed by atoms with Gasteiger partial charge in [0, 0.05) is 42.6 Å². The number of rotatable bonds is 5. The van der Waals surface area contributed by atoms with Crippen LogP contribution >= 0.6 is 0 Å². The first kappa shape index (κ1) is 17.3. The van der Waals surface area contributed by atoms with Gasteiger partial charge in [0.05, 0.1) is 0 Å². The van der Waals surface area contributed by atoms with Crippen LogP contribution in [-0.2, 0) is 22.7 Å². The molecule has 3 heterocycles. The van der Waals surface area contributed by atoms with Gasteiger partial charge in [0.2, 0.25) is 5.91 Å². The Bertz CT molecular complexity index is 974. The van der Waals surface area contributed by atoms with E-state index in [1.807, 2.05) is 52.1 Å². The van der Waals surface area contributed by atoms with Gasteiger partial charge in [-0.1, -0.05) is 18.2 Å². The fourth-order valence-corrected chi connectivity index (χ4v) is 3.92. The van der Waals surface area contributed by atoms with Crippen molar-refractivity contribution in [3.63, 3.8) is 0 Å². The lowest BCUT2D eigenvalue weighted by Crippen LogP contribution is -2.41. The van der Waals surface area contributed by atoms with Crippen LogP contribution in [0.15, 0.2) is 48.8 Å². The van der Waals surface area contributed by atoms with E-state index in [2.05, 4.69) is 5.10 Å². The molecule has 140 valence electrons. The van der Waals surface area contributed by atoms with Gasteiger partial charge in [0.15, 0.2) is 0 Å². The number of likely N-dealkylation sites (tertiary alicyclic amines) is 1. The van der Waals surface area contributed by atoms with Crippen LogP contribution in [0.2, 0.25) is 0 Å². The summed E-state index contributed by atoms with van der Waals surface area (Å²) >= 11 is 0. The summed E-state index contributed by atoms with van der Waals surface area (Å²) in [7, 11) is 0. The smallest absolute Gasteiger partial charge is 0.325 e. The van der Waals surface area contributed by atoms with Gasteiger partial charge >= 0.3 is 5.97 Å². The summed E-state index contributed by atoms with van der Waals surface area (Å²) in [6.07, 6.45) is 5.42. The summed E-state index contributed by atoms with van der Waals surface area (Å²) in [5.41, 5.74) is 1.94. The Morgan fingerprint density at radius 3 is 2.85 bits per heavy atom. The van der Waals surface area contributed by atoms with Crippen molar-refractivity contribution < 1.29 is 14.7 Å². The molecular formula is C20H22N4O3. The molecule has 0 bridgehead atoms. The second kappa shape index (κ2) is 7.26. The van der Waals surface area contributed by atoms with Crippen LogP contribution < -0.4 is 0 Å². The molecule has 2 aromatic heterocycles. The highest BCUT2D eigenvalue weighted by Gasteiger charge is 2.27. The number of piperidine rings is 1. The molecule has 0 spiro atoms. The van der Waals surface area contributed by atoms with Crippen LogP contribution in [-0.4, -0.2) is 49.3 Å². The van der Waals surface area contributed by atoms with Gasteiger partial charge in [0.25, 0.3) is 0 Å². The Labute approximate surface area is 156 Å². The van der Waals surface area contributed by atoms with Crippen LogP contribution in [0.3, 0.4) is 0 Å². The van der Waals surface area contributed by atoms with Gasteiger partial charge in [-0.25, -0.2) is 0 Å². The quantitative estimate of drug-likeness (QED) is 0.751. The number of carbonyl (C=O) groups is 2. The average molecular weight is 366 g/mol. The summed E-state index contributed by atoms with van der Waals surface area (Å²) in [4.78, 5) is 25.8. The van der Waals surface area contributed by atoms with Crippen molar-refractivity contribution in [3.8, 4) is 0 Å². The average Bonchev–Trinajstić information content (AvgIpc) is 3.29. The zero-order chi connectivity index (χ0) is 18.8. The Hall–Kier alpha value is -3.09. The van der Waals surface area contributed by atoms with Crippen LogP contribution in [0, 0.1) is 0 Å². The Kier molecular flexibility index (Phi) is 4.66. The largest absolute Gasteiger partial charge is 0.480 e. The zero-order valence-corrected chi connectivity index (χ0v) is 15.0. The predicted octanol–water partition coefficient (Wildman–Crippen LogP) is 2.33. The Balaban J connectivity index is 1.47. The van der Waals surface area contributed by atoms with Gasteiger partial charge in [-0.05, 0) is 36.4 Å². The van der Waals surface area contributed by atoms with Crippen LogP contribution in [0.1, 0.15) is 24.5 Å². The maximum atomic E-state index is 12.9. The number of fused-ring (bicyclic) bond motifs is 1. The van der Waals surface area contributed by atoms with E-state index in [1.165, 1.54) is 4.68 Å². The number of carboxylic acids is 1. The summed E-state index contributed by atoms with van der Waals surface area (Å²) in [6.45, 7) is 1.50. The van der Waals surface area contributed by atoms with E-state index in [-0.39, 0.29) is 18.4 Å². The molecule has 0 unspecified atom stereocenters. The lowest BCUT2D eigenvalue weighted by molar-refractivity contribution is -0.138. The van der Waals surface area contributed by atoms with Crippen molar-refractivity contribution in [1.82, 2.24) is 19.2 Å². The molecule has 0 aliphatic carbocycles. The highest BCUT2D eigenvalue weighted by molar-refractivity contribution is 5.83. The second-order valence-electron chi connectivity index (χ2n) is 6.99. The third-order valence-corrected chi connectivity index (χ3v) is 5.21. The molecular weight excluding hydrogens is 344 g/mol. The Morgan fingerprint density at radius 2 is 2.00 bits per heavy atom. The molecule has 1 N–H and O–H groups in total. The highest BCUT2D eigenvalue weighted by Crippen LogP contribution is 2.27. The fraction of sp³-hybridized carbons (Fsp3) is 0.350. The monoisotopic (exact) mass is 366 g/mol. The molecule has 1 aliphatic rings. The topological polar surface area (TPSA) is 80.4 Å². The standard InChI is InChI=1S/C20H22N4O3/c25-19(13-22-11-8-15-4-1-2-6-17(15)22)23-10-3-5-16(12-23)18-7-9-21-24(18)14-20(26)27/h1-2,4,6-9,11,16H,3,5,10,12-14H2,(H,26,27)/t16-/m1/s1. The molecule has 1 atom stereocenters. The minimum Gasteiger partial charge on any atom is -0.480 e. The number of aliphatic carboxylic acids is 1. The zero-order valence-electron chi connectivity index (χ0n) is 15.0. The second-order valence-corrected chi connectivity index (χ2v) is 6.99. The number of hydrogen-bond donors (Lipinski definition) is 1. The van der Waals surface area contributed by atoms with E-state index in [0.717, 1.165) is 36.0 Å². The van der Waals surface area contributed by atoms with Crippen LogP contribution in [0.5, 0.6) is 0 Å². The normalized spacial score (nSPS) is 17.3. The van der Waals surface area contributed by atoms with Gasteiger partial charge < -0.3 is 14.6 Å². The van der Waals surface area contributed by atoms with Gasteiger partial charge in [-0.15, -0.1) is 0 Å². The number of amides is 1. The van der Waals surface area contributed by atoms with Crippen molar-refractivity contribution in [2.45, 2.75) is 31.8 Å². The number of benzene rings is 1. The maximum Gasteiger partial charge on any atom is 0.325 e. The lowest BCUT2D eigenvalue weighted by Gasteiger charge is -2.33. The van der Waals surface area contributed by atoms with Crippen molar-refractivity contribution in [3.05, 3.63) is 54.5 Å². The number of para-hydroxylation sites is 1. The summed E-state index contributed by atoms with van der Waals surface area (Å²) < 4.78 is 3.51. The van der Waals surface area contributed by atoms with Crippen molar-refractivity contribution >= 4 is 22.8 Å². The maximum absolute atomic E-state index is 12.9. The fourth-order valence-electron chi connectivity index (χ4n) is 3.92. The molecule has 1 fully saturated rings. The number of hydrogen-bond acceptors (Lipinski definition) is 3. The van der Waals surface area contributed by atoms with Crippen molar-refractivity contribution in [2.24, 2.45) is 0 Å². The minimum atomic E-state index is -0.914. The van der Waals surface area contributed by atoms with Crippen LogP contribution in [0.25, 0.3) is 10.9 Å². The highest BCUT2D eigenvalue weighted by atomic mass is 16.4.